The Balaban J connectivity index is 1.61. The Labute approximate surface area is 185 Å². The number of benzene rings is 1. The van der Waals surface area contributed by atoms with E-state index in [4.69, 9.17) is 4.99 Å². The Morgan fingerprint density at radius 2 is 1.87 bits per heavy atom. The summed E-state index contributed by atoms with van der Waals surface area (Å²) in [4.78, 5) is 50.3. The molecule has 0 aromatic heterocycles. The number of para-hydroxylation sites is 1. The van der Waals surface area contributed by atoms with Crippen LogP contribution in [0.5, 0.6) is 0 Å². The van der Waals surface area contributed by atoms with E-state index in [1.54, 1.807) is 19.0 Å². The fraction of sp³-hybridized carbons (Fsp3) is 0.455. The van der Waals surface area contributed by atoms with Gasteiger partial charge in [0.25, 0.3) is 5.84 Å². The van der Waals surface area contributed by atoms with Gasteiger partial charge < -0.3 is 4.90 Å². The van der Waals surface area contributed by atoms with Gasteiger partial charge in [0.2, 0.25) is 11.7 Å². The Morgan fingerprint density at radius 3 is 2.55 bits per heavy atom. The summed E-state index contributed by atoms with van der Waals surface area (Å²) in [5.41, 5.74) is 0.804. The van der Waals surface area contributed by atoms with Crippen LogP contribution in [-0.4, -0.2) is 70.9 Å². The van der Waals surface area contributed by atoms with Gasteiger partial charge in [-0.05, 0) is 25.0 Å². The number of thioether (sulfide) groups is 1. The Morgan fingerprint density at radius 1 is 1.19 bits per heavy atom. The molecule has 1 unspecified atom stereocenters. The number of imide groups is 1. The molecular weight excluding hydrogens is 414 g/mol. The van der Waals surface area contributed by atoms with E-state index in [0.29, 0.717) is 16.7 Å². The monoisotopic (exact) mass is 440 g/mol. The minimum absolute atomic E-state index is 0.0913. The van der Waals surface area contributed by atoms with Crippen molar-refractivity contribution in [2.45, 2.75) is 25.7 Å². The van der Waals surface area contributed by atoms with Crippen LogP contribution >= 0.6 is 11.8 Å². The molecule has 0 N–H and O–H groups in total. The fourth-order valence-electron chi connectivity index (χ4n) is 4.10. The third-order valence-electron chi connectivity index (χ3n) is 6.04. The summed E-state index contributed by atoms with van der Waals surface area (Å²) < 4.78 is 1.42. The SMILES string of the molecule is CN1C(=O)C2C(SCC(=O)N(C)c3ccccc3)=NC(C3CCCC3)=NC2=[N+](C)C1=O. The van der Waals surface area contributed by atoms with Gasteiger partial charge in [-0.2, -0.15) is 9.48 Å². The van der Waals surface area contributed by atoms with E-state index in [2.05, 4.69) is 4.99 Å². The van der Waals surface area contributed by atoms with Gasteiger partial charge in [0.15, 0.2) is 5.92 Å². The standard InChI is InChI=1S/C22H26N5O3S/c1-25(15-11-5-4-6-12-15)16(28)13-31-20-17-19(26(2)22(30)27(3)21(17)29)23-18(24-20)14-9-7-8-10-14/h4-6,11-12,14,17H,7-10,13H2,1-3H3/q+1. The van der Waals surface area contributed by atoms with Crippen molar-refractivity contribution in [1.82, 2.24) is 4.90 Å². The molecule has 162 valence electrons. The quantitative estimate of drug-likeness (QED) is 0.674. The van der Waals surface area contributed by atoms with Crippen LogP contribution in [0.3, 0.4) is 0 Å². The Hall–Kier alpha value is -2.81. The second-order valence-electron chi connectivity index (χ2n) is 8.01. The summed E-state index contributed by atoms with van der Waals surface area (Å²) in [6, 6.07) is 9.00. The Kier molecular flexibility index (Phi) is 6.04. The van der Waals surface area contributed by atoms with Crippen LogP contribution < -0.4 is 4.90 Å². The van der Waals surface area contributed by atoms with Gasteiger partial charge in [-0.25, -0.2) is 9.79 Å². The van der Waals surface area contributed by atoms with Crippen LogP contribution in [0.1, 0.15) is 25.7 Å². The summed E-state index contributed by atoms with van der Waals surface area (Å²) in [5.74, 6) is 0.251. The van der Waals surface area contributed by atoms with E-state index < -0.39 is 11.9 Å². The number of hydrogen-bond acceptors (Lipinski definition) is 6. The second-order valence-corrected chi connectivity index (χ2v) is 9.00. The molecule has 1 aromatic carbocycles. The molecule has 2 aliphatic heterocycles. The zero-order valence-electron chi connectivity index (χ0n) is 17.9. The molecule has 1 saturated carbocycles. The highest BCUT2D eigenvalue weighted by atomic mass is 32.2. The van der Waals surface area contributed by atoms with Gasteiger partial charge in [-0.1, -0.05) is 47.8 Å². The summed E-state index contributed by atoms with van der Waals surface area (Å²) in [6.07, 6.45) is 4.24. The van der Waals surface area contributed by atoms with E-state index >= 15 is 0 Å². The predicted molar refractivity (Wildman–Crippen MR) is 122 cm³/mol. The molecule has 0 spiro atoms. The summed E-state index contributed by atoms with van der Waals surface area (Å²) >= 11 is 1.26. The maximum Gasteiger partial charge on any atom is 0.445 e. The molecule has 4 amide bonds. The first-order valence-electron chi connectivity index (χ1n) is 10.4. The third-order valence-corrected chi connectivity index (χ3v) is 7.05. The number of amidine groups is 2. The van der Waals surface area contributed by atoms with Gasteiger partial charge in [0, 0.05) is 18.7 Å². The molecule has 0 bridgehead atoms. The number of amides is 4. The molecule has 9 heteroatoms. The van der Waals surface area contributed by atoms with Crippen LogP contribution in [-0.2, 0) is 9.59 Å². The van der Waals surface area contributed by atoms with Gasteiger partial charge in [-0.15, -0.1) is 0 Å². The maximum atomic E-state index is 13.0. The molecule has 1 aromatic rings. The predicted octanol–water partition coefficient (Wildman–Crippen LogP) is 2.63. The molecule has 0 saturated heterocycles. The molecule has 8 nitrogen and oxygen atoms in total. The van der Waals surface area contributed by atoms with Crippen LogP contribution in [0.2, 0.25) is 0 Å². The van der Waals surface area contributed by atoms with Crippen molar-refractivity contribution in [1.29, 1.82) is 0 Å². The van der Waals surface area contributed by atoms with Crippen molar-refractivity contribution in [3.8, 4) is 0 Å². The van der Waals surface area contributed by atoms with Crippen molar-refractivity contribution in [3.63, 3.8) is 0 Å². The molecule has 0 radical (unpaired) electrons. The van der Waals surface area contributed by atoms with Crippen molar-refractivity contribution >= 4 is 52.0 Å². The molecule has 4 rings (SSSR count). The molecular formula is C22H26N5O3S+. The number of fused-ring (bicyclic) bond motifs is 1. The lowest BCUT2D eigenvalue weighted by atomic mass is 10.0. The number of aliphatic imine (C=N–C) groups is 2. The maximum absolute atomic E-state index is 13.0. The molecule has 1 fully saturated rings. The van der Waals surface area contributed by atoms with Crippen LogP contribution in [0, 0.1) is 11.8 Å². The number of carbonyl (C=O) groups is 3. The third kappa shape index (κ3) is 4.06. The van der Waals surface area contributed by atoms with E-state index in [1.807, 2.05) is 30.3 Å². The summed E-state index contributed by atoms with van der Waals surface area (Å²) in [5, 5.41) is 0.540. The van der Waals surface area contributed by atoms with Gasteiger partial charge in [0.05, 0.1) is 19.8 Å². The van der Waals surface area contributed by atoms with E-state index in [-0.39, 0.29) is 23.5 Å². The molecule has 3 aliphatic rings. The number of hydrogen-bond donors (Lipinski definition) is 0. The van der Waals surface area contributed by atoms with Crippen molar-refractivity contribution < 1.29 is 19.0 Å². The molecule has 2 heterocycles. The normalized spacial score (nSPS) is 21.8. The van der Waals surface area contributed by atoms with Crippen LogP contribution in [0.4, 0.5) is 10.5 Å². The van der Waals surface area contributed by atoms with Crippen molar-refractivity contribution in [2.24, 2.45) is 21.8 Å². The summed E-state index contributed by atoms with van der Waals surface area (Å²) in [7, 11) is 4.83. The van der Waals surface area contributed by atoms with Crippen LogP contribution in [0.25, 0.3) is 0 Å². The van der Waals surface area contributed by atoms with Crippen molar-refractivity contribution in [2.75, 3.05) is 31.8 Å². The van der Waals surface area contributed by atoms with Crippen LogP contribution in [0.15, 0.2) is 40.3 Å². The molecule has 31 heavy (non-hydrogen) atoms. The number of rotatable bonds is 4. The largest absolute Gasteiger partial charge is 0.445 e. The van der Waals surface area contributed by atoms with E-state index in [9.17, 15) is 14.4 Å². The number of urea groups is 1. The lowest BCUT2D eigenvalue weighted by Crippen LogP contribution is -2.55. The fourth-order valence-corrected chi connectivity index (χ4v) is 5.10. The average molecular weight is 441 g/mol. The highest BCUT2D eigenvalue weighted by Gasteiger charge is 2.49. The topological polar surface area (TPSA) is 85.4 Å². The number of anilines is 1. The van der Waals surface area contributed by atoms with Gasteiger partial charge >= 0.3 is 11.9 Å². The number of nitrogens with zero attached hydrogens (tertiary/aromatic N) is 5. The molecule has 1 aliphatic carbocycles. The highest BCUT2D eigenvalue weighted by molar-refractivity contribution is 8.14. The van der Waals surface area contributed by atoms with E-state index in [0.717, 1.165) is 36.3 Å². The van der Waals surface area contributed by atoms with Crippen molar-refractivity contribution in [3.05, 3.63) is 30.3 Å². The Bertz CT molecular complexity index is 1010. The van der Waals surface area contributed by atoms with Gasteiger partial charge in [0.1, 0.15) is 5.04 Å². The first-order chi connectivity index (χ1) is 14.9. The number of carbonyl (C=O) groups excluding carboxylic acids is 3. The highest BCUT2D eigenvalue weighted by Crippen LogP contribution is 2.32. The zero-order chi connectivity index (χ0) is 22.1. The molecule has 1 atom stereocenters. The first-order valence-corrected chi connectivity index (χ1v) is 11.4. The zero-order valence-corrected chi connectivity index (χ0v) is 18.8. The van der Waals surface area contributed by atoms with Gasteiger partial charge in [-0.3, -0.25) is 9.59 Å². The second kappa shape index (κ2) is 8.74. The average Bonchev–Trinajstić information content (AvgIpc) is 3.34. The minimum atomic E-state index is -0.752. The lowest BCUT2D eigenvalue weighted by molar-refractivity contribution is -0.407. The minimum Gasteiger partial charge on any atom is -0.315 e. The smallest absolute Gasteiger partial charge is 0.315 e. The summed E-state index contributed by atoms with van der Waals surface area (Å²) in [6.45, 7) is 0. The van der Waals surface area contributed by atoms with E-state index in [1.165, 1.54) is 23.4 Å². The lowest BCUT2D eigenvalue weighted by Gasteiger charge is -2.27. The first kappa shape index (κ1) is 21.4.